The standard InChI is InChI=1S/C26H30N4S/c1-6-20-15-31-26-28-24(23-9-7-8-10-27-23)25(30(20)26)22-14-18(4)29(19(22)5)21-12-16(2)11-17(3)13-21/h7-14,20,24-25H,6,15H2,1-5H3/t20-,24+,25-/m1/s1. The van der Waals surface area contributed by atoms with E-state index in [-0.39, 0.29) is 12.1 Å². The molecule has 2 aliphatic heterocycles. The van der Waals surface area contributed by atoms with Crippen LogP contribution in [0.1, 0.15) is 59.2 Å². The molecule has 5 rings (SSSR count). The maximum Gasteiger partial charge on any atom is 0.160 e. The molecule has 0 aliphatic carbocycles. The molecule has 1 saturated heterocycles. The Labute approximate surface area is 189 Å². The largest absolute Gasteiger partial charge is 0.338 e. The maximum absolute atomic E-state index is 5.19. The van der Waals surface area contributed by atoms with Crippen LogP contribution in [0.15, 0.2) is 53.7 Å². The SMILES string of the molecule is CC[C@@H]1CSC2=N[C@@H](c3ccccn3)[C@@H](c3cc(C)n(-c4cc(C)cc(C)c4)c3C)N21. The zero-order chi connectivity index (χ0) is 21.7. The van der Waals surface area contributed by atoms with Gasteiger partial charge in [0.25, 0.3) is 0 Å². The van der Waals surface area contributed by atoms with Gasteiger partial charge in [0.15, 0.2) is 5.17 Å². The molecule has 2 aliphatic rings. The van der Waals surface area contributed by atoms with Crippen LogP contribution in [-0.4, -0.2) is 31.4 Å². The molecule has 0 radical (unpaired) electrons. The van der Waals surface area contributed by atoms with Gasteiger partial charge < -0.3 is 9.47 Å². The third-order valence-electron chi connectivity index (χ3n) is 6.58. The van der Waals surface area contributed by atoms with Crippen LogP contribution in [0.5, 0.6) is 0 Å². The number of aryl methyl sites for hydroxylation is 3. The van der Waals surface area contributed by atoms with Crippen molar-refractivity contribution >= 4 is 16.9 Å². The first-order chi connectivity index (χ1) is 15.0. The average Bonchev–Trinajstić information content (AvgIpc) is 3.39. The summed E-state index contributed by atoms with van der Waals surface area (Å²) in [5.74, 6) is 1.12. The molecule has 1 aromatic carbocycles. The molecule has 4 heterocycles. The van der Waals surface area contributed by atoms with Crippen LogP contribution in [0.4, 0.5) is 0 Å². The Hall–Kier alpha value is -2.53. The lowest BCUT2D eigenvalue weighted by molar-refractivity contribution is 0.254. The molecule has 160 valence electrons. The number of aliphatic imine (C=N–C) groups is 1. The van der Waals surface area contributed by atoms with Gasteiger partial charge in [0.1, 0.15) is 6.04 Å². The van der Waals surface area contributed by atoms with Crippen molar-refractivity contribution in [3.8, 4) is 5.69 Å². The van der Waals surface area contributed by atoms with E-state index in [1.54, 1.807) is 0 Å². The topological polar surface area (TPSA) is 33.4 Å². The summed E-state index contributed by atoms with van der Waals surface area (Å²) < 4.78 is 2.41. The highest BCUT2D eigenvalue weighted by molar-refractivity contribution is 8.14. The molecule has 0 N–H and O–H groups in total. The van der Waals surface area contributed by atoms with E-state index in [2.05, 4.69) is 80.5 Å². The molecular formula is C26H30N4S. The molecule has 0 saturated carbocycles. The number of benzene rings is 1. The maximum atomic E-state index is 5.19. The molecule has 1 fully saturated rings. The third kappa shape index (κ3) is 3.39. The Morgan fingerprint density at radius 2 is 1.81 bits per heavy atom. The van der Waals surface area contributed by atoms with Crippen molar-refractivity contribution in [2.24, 2.45) is 4.99 Å². The van der Waals surface area contributed by atoms with Crippen molar-refractivity contribution in [2.75, 3.05) is 5.75 Å². The number of hydrogen-bond donors (Lipinski definition) is 0. The van der Waals surface area contributed by atoms with Crippen LogP contribution in [0.2, 0.25) is 0 Å². The van der Waals surface area contributed by atoms with Gasteiger partial charge in [0.2, 0.25) is 0 Å². The van der Waals surface area contributed by atoms with Gasteiger partial charge in [-0.15, -0.1) is 0 Å². The van der Waals surface area contributed by atoms with Crippen molar-refractivity contribution < 1.29 is 0 Å². The lowest BCUT2D eigenvalue weighted by atomic mass is 9.95. The quantitative estimate of drug-likeness (QED) is 0.502. The summed E-state index contributed by atoms with van der Waals surface area (Å²) in [5.41, 5.74) is 8.83. The summed E-state index contributed by atoms with van der Waals surface area (Å²) in [6, 6.07) is 16.1. The molecule has 0 spiro atoms. The van der Waals surface area contributed by atoms with Crippen LogP contribution >= 0.6 is 11.8 Å². The fourth-order valence-corrected chi connectivity index (χ4v) is 6.59. The van der Waals surface area contributed by atoms with E-state index < -0.39 is 0 Å². The van der Waals surface area contributed by atoms with E-state index in [9.17, 15) is 0 Å². The van der Waals surface area contributed by atoms with E-state index in [1.807, 2.05) is 24.0 Å². The summed E-state index contributed by atoms with van der Waals surface area (Å²) in [6.45, 7) is 11.1. The number of pyridine rings is 1. The van der Waals surface area contributed by atoms with Crippen LogP contribution < -0.4 is 0 Å². The minimum Gasteiger partial charge on any atom is -0.338 e. The van der Waals surface area contributed by atoms with E-state index in [0.29, 0.717) is 6.04 Å². The highest BCUT2D eigenvalue weighted by Gasteiger charge is 2.46. The number of nitrogens with zero attached hydrogens (tertiary/aromatic N) is 4. The van der Waals surface area contributed by atoms with E-state index >= 15 is 0 Å². The minimum atomic E-state index is 0.0336. The number of rotatable bonds is 4. The molecule has 0 unspecified atom stereocenters. The molecule has 0 amide bonds. The predicted molar refractivity (Wildman–Crippen MR) is 130 cm³/mol. The van der Waals surface area contributed by atoms with Crippen LogP contribution in [-0.2, 0) is 0 Å². The van der Waals surface area contributed by atoms with Crippen molar-refractivity contribution in [1.82, 2.24) is 14.5 Å². The molecule has 5 heteroatoms. The highest BCUT2D eigenvalue weighted by Crippen LogP contribution is 2.49. The Bertz CT molecular complexity index is 1130. The summed E-state index contributed by atoms with van der Waals surface area (Å²) in [4.78, 5) is 12.5. The van der Waals surface area contributed by atoms with Gasteiger partial charge in [0.05, 0.1) is 11.7 Å². The summed E-state index contributed by atoms with van der Waals surface area (Å²) in [7, 11) is 0. The number of aromatic nitrogens is 2. The van der Waals surface area contributed by atoms with Gasteiger partial charge in [-0.3, -0.25) is 9.98 Å². The van der Waals surface area contributed by atoms with Crippen molar-refractivity contribution in [2.45, 2.75) is 59.2 Å². The molecule has 31 heavy (non-hydrogen) atoms. The molecular weight excluding hydrogens is 400 g/mol. The fraction of sp³-hybridized carbons (Fsp3) is 0.385. The molecule has 4 nitrogen and oxygen atoms in total. The highest BCUT2D eigenvalue weighted by atomic mass is 32.2. The van der Waals surface area contributed by atoms with Crippen LogP contribution in [0.25, 0.3) is 5.69 Å². The first kappa shape index (κ1) is 20.4. The fourth-order valence-electron chi connectivity index (χ4n) is 5.25. The second-order valence-electron chi connectivity index (χ2n) is 8.84. The predicted octanol–water partition coefficient (Wildman–Crippen LogP) is 6.09. The molecule has 3 aromatic rings. The zero-order valence-electron chi connectivity index (χ0n) is 19.0. The number of amidine groups is 1. The Morgan fingerprint density at radius 1 is 1.03 bits per heavy atom. The Morgan fingerprint density at radius 3 is 2.48 bits per heavy atom. The Kier molecular flexibility index (Phi) is 5.17. The monoisotopic (exact) mass is 430 g/mol. The summed E-state index contributed by atoms with van der Waals surface area (Å²) >= 11 is 1.90. The van der Waals surface area contributed by atoms with Crippen LogP contribution in [0.3, 0.4) is 0 Å². The normalized spacial score (nSPS) is 22.7. The van der Waals surface area contributed by atoms with Gasteiger partial charge in [-0.2, -0.15) is 0 Å². The second-order valence-corrected chi connectivity index (χ2v) is 9.83. The average molecular weight is 431 g/mol. The molecule has 0 bridgehead atoms. The van der Waals surface area contributed by atoms with E-state index in [0.717, 1.165) is 17.9 Å². The van der Waals surface area contributed by atoms with E-state index in [1.165, 1.54) is 38.9 Å². The first-order valence-corrected chi connectivity index (χ1v) is 12.1. The number of thioether (sulfide) groups is 1. The smallest absolute Gasteiger partial charge is 0.160 e. The van der Waals surface area contributed by atoms with Gasteiger partial charge >= 0.3 is 0 Å². The second kappa shape index (κ2) is 7.86. The molecule has 2 aromatic heterocycles. The van der Waals surface area contributed by atoms with Crippen LogP contribution in [0, 0.1) is 27.7 Å². The lowest BCUT2D eigenvalue weighted by Gasteiger charge is -2.32. The van der Waals surface area contributed by atoms with Crippen molar-refractivity contribution in [3.63, 3.8) is 0 Å². The third-order valence-corrected chi connectivity index (χ3v) is 7.71. The van der Waals surface area contributed by atoms with Gasteiger partial charge in [-0.05, 0) is 81.1 Å². The minimum absolute atomic E-state index is 0.0336. The Balaban J connectivity index is 1.65. The van der Waals surface area contributed by atoms with Gasteiger partial charge in [0, 0.05) is 35.1 Å². The van der Waals surface area contributed by atoms with E-state index in [4.69, 9.17) is 9.98 Å². The first-order valence-electron chi connectivity index (χ1n) is 11.1. The van der Waals surface area contributed by atoms with Gasteiger partial charge in [-0.25, -0.2) is 0 Å². The summed E-state index contributed by atoms with van der Waals surface area (Å²) in [6.07, 6.45) is 3.02. The zero-order valence-corrected chi connectivity index (χ0v) is 19.8. The number of hydrogen-bond acceptors (Lipinski definition) is 4. The molecule has 3 atom stereocenters. The van der Waals surface area contributed by atoms with Gasteiger partial charge in [-0.1, -0.05) is 30.8 Å². The summed E-state index contributed by atoms with van der Waals surface area (Å²) in [5, 5.41) is 1.18. The lowest BCUT2D eigenvalue weighted by Crippen LogP contribution is -2.35. The van der Waals surface area contributed by atoms with Crippen molar-refractivity contribution in [1.29, 1.82) is 0 Å². The van der Waals surface area contributed by atoms with Crippen molar-refractivity contribution in [3.05, 3.63) is 82.4 Å². The number of fused-ring (bicyclic) bond motifs is 1.